The van der Waals surface area contributed by atoms with Crippen LogP contribution in [0.1, 0.15) is 49.9 Å². The number of aromatic nitrogens is 2. The standard InChI is InChI=1S/C14H22ClN3O2/c1-6-18(10(4)8-20-5)14(19)12-11(15)7-16-13(17-12)9(2)3/h7,9-10H,6,8H2,1-5H3. The number of hydrogen-bond acceptors (Lipinski definition) is 4. The minimum Gasteiger partial charge on any atom is -0.383 e. The topological polar surface area (TPSA) is 55.3 Å². The third-order valence-electron chi connectivity index (χ3n) is 3.02. The first-order valence-electron chi connectivity index (χ1n) is 6.74. The summed E-state index contributed by atoms with van der Waals surface area (Å²) in [5.74, 6) is 0.574. The molecule has 1 amide bonds. The molecule has 0 aromatic carbocycles. The van der Waals surface area contributed by atoms with Crippen LogP contribution in [0.2, 0.25) is 5.02 Å². The number of hydrogen-bond donors (Lipinski definition) is 0. The highest BCUT2D eigenvalue weighted by Crippen LogP contribution is 2.19. The molecule has 1 aromatic heterocycles. The summed E-state index contributed by atoms with van der Waals surface area (Å²) < 4.78 is 5.11. The number of carbonyl (C=O) groups is 1. The molecule has 0 bridgehead atoms. The molecule has 0 fully saturated rings. The van der Waals surface area contributed by atoms with Gasteiger partial charge in [-0.1, -0.05) is 25.4 Å². The third-order valence-corrected chi connectivity index (χ3v) is 3.30. The van der Waals surface area contributed by atoms with E-state index in [-0.39, 0.29) is 28.6 Å². The maximum absolute atomic E-state index is 12.6. The fraction of sp³-hybridized carbons (Fsp3) is 0.643. The van der Waals surface area contributed by atoms with Gasteiger partial charge in [-0.3, -0.25) is 4.79 Å². The summed E-state index contributed by atoms with van der Waals surface area (Å²) in [6, 6.07) is -0.0361. The molecule has 0 N–H and O–H groups in total. The van der Waals surface area contributed by atoms with Gasteiger partial charge >= 0.3 is 0 Å². The van der Waals surface area contributed by atoms with Crippen molar-refractivity contribution >= 4 is 17.5 Å². The van der Waals surface area contributed by atoms with E-state index in [0.717, 1.165) is 0 Å². The second kappa shape index (κ2) is 7.55. The molecule has 20 heavy (non-hydrogen) atoms. The van der Waals surface area contributed by atoms with E-state index >= 15 is 0 Å². The van der Waals surface area contributed by atoms with E-state index < -0.39 is 0 Å². The first-order valence-corrected chi connectivity index (χ1v) is 7.12. The fourth-order valence-corrected chi connectivity index (χ4v) is 2.10. The molecule has 0 radical (unpaired) electrons. The average molecular weight is 300 g/mol. The first kappa shape index (κ1) is 16.9. The molecule has 1 heterocycles. The normalized spacial score (nSPS) is 12.6. The van der Waals surface area contributed by atoms with Gasteiger partial charge in [-0.15, -0.1) is 0 Å². The lowest BCUT2D eigenvalue weighted by Crippen LogP contribution is -2.41. The van der Waals surface area contributed by atoms with Gasteiger partial charge in [0, 0.05) is 19.6 Å². The van der Waals surface area contributed by atoms with Gasteiger partial charge in [0.2, 0.25) is 0 Å². The lowest BCUT2D eigenvalue weighted by atomic mass is 10.2. The largest absolute Gasteiger partial charge is 0.383 e. The van der Waals surface area contributed by atoms with Gasteiger partial charge in [0.1, 0.15) is 5.82 Å². The summed E-state index contributed by atoms with van der Waals surface area (Å²) in [6.07, 6.45) is 1.49. The summed E-state index contributed by atoms with van der Waals surface area (Å²) in [4.78, 5) is 22.7. The van der Waals surface area contributed by atoms with Crippen LogP contribution < -0.4 is 0 Å². The Kier molecular flexibility index (Phi) is 6.36. The van der Waals surface area contributed by atoms with Crippen molar-refractivity contribution in [2.24, 2.45) is 0 Å². The maximum atomic E-state index is 12.6. The van der Waals surface area contributed by atoms with Crippen molar-refractivity contribution in [2.45, 2.75) is 39.7 Å². The minimum atomic E-state index is -0.189. The van der Waals surface area contributed by atoms with E-state index in [1.54, 1.807) is 12.0 Å². The van der Waals surface area contributed by atoms with Crippen molar-refractivity contribution < 1.29 is 9.53 Å². The van der Waals surface area contributed by atoms with Crippen LogP contribution in [0.4, 0.5) is 0 Å². The van der Waals surface area contributed by atoms with Gasteiger partial charge < -0.3 is 9.64 Å². The average Bonchev–Trinajstić information content (AvgIpc) is 2.39. The Balaban J connectivity index is 3.08. The van der Waals surface area contributed by atoms with Crippen molar-refractivity contribution in [3.63, 3.8) is 0 Å². The van der Waals surface area contributed by atoms with Crippen molar-refractivity contribution in [2.75, 3.05) is 20.3 Å². The van der Waals surface area contributed by atoms with Gasteiger partial charge in [0.15, 0.2) is 5.69 Å². The first-order chi connectivity index (χ1) is 9.42. The molecule has 0 spiro atoms. The molecule has 1 rings (SSSR count). The molecule has 0 aliphatic rings. The Morgan fingerprint density at radius 2 is 2.10 bits per heavy atom. The van der Waals surface area contributed by atoms with Crippen LogP contribution in [-0.2, 0) is 4.74 Å². The van der Waals surface area contributed by atoms with Crippen LogP contribution >= 0.6 is 11.6 Å². The van der Waals surface area contributed by atoms with E-state index in [4.69, 9.17) is 16.3 Å². The third kappa shape index (κ3) is 3.90. The lowest BCUT2D eigenvalue weighted by molar-refractivity contribution is 0.0573. The van der Waals surface area contributed by atoms with Crippen molar-refractivity contribution in [1.82, 2.24) is 14.9 Å². The Hall–Kier alpha value is -1.20. The van der Waals surface area contributed by atoms with Crippen LogP contribution in [0.15, 0.2) is 6.20 Å². The number of carbonyl (C=O) groups excluding carboxylic acids is 1. The molecule has 0 saturated carbocycles. The van der Waals surface area contributed by atoms with Crippen molar-refractivity contribution in [3.8, 4) is 0 Å². The fourth-order valence-electron chi connectivity index (χ4n) is 1.93. The molecule has 112 valence electrons. The minimum absolute atomic E-state index is 0.0361. The van der Waals surface area contributed by atoms with E-state index in [1.807, 2.05) is 27.7 Å². The monoisotopic (exact) mass is 299 g/mol. The van der Waals surface area contributed by atoms with Gasteiger partial charge in [-0.2, -0.15) is 0 Å². The number of nitrogens with zero attached hydrogens (tertiary/aromatic N) is 3. The number of halogens is 1. The molecule has 0 aliphatic heterocycles. The molecule has 1 atom stereocenters. The zero-order valence-corrected chi connectivity index (χ0v) is 13.4. The van der Waals surface area contributed by atoms with Crippen LogP contribution in [-0.4, -0.2) is 47.1 Å². The van der Waals surface area contributed by atoms with E-state index in [1.165, 1.54) is 6.20 Å². The number of rotatable bonds is 6. The Bertz CT molecular complexity index is 466. The van der Waals surface area contributed by atoms with Crippen molar-refractivity contribution in [3.05, 3.63) is 22.7 Å². The van der Waals surface area contributed by atoms with Gasteiger partial charge in [-0.25, -0.2) is 9.97 Å². The van der Waals surface area contributed by atoms with Crippen LogP contribution in [0.5, 0.6) is 0 Å². The summed E-state index contributed by atoms with van der Waals surface area (Å²) in [5, 5.41) is 0.280. The highest BCUT2D eigenvalue weighted by molar-refractivity contribution is 6.33. The highest BCUT2D eigenvalue weighted by atomic mass is 35.5. The number of amides is 1. The molecular weight excluding hydrogens is 278 g/mol. The molecule has 5 nitrogen and oxygen atoms in total. The zero-order chi connectivity index (χ0) is 15.3. The van der Waals surface area contributed by atoms with Gasteiger partial charge in [0.25, 0.3) is 5.91 Å². The molecule has 1 aromatic rings. The van der Waals surface area contributed by atoms with Gasteiger partial charge in [-0.05, 0) is 13.8 Å². The summed E-state index contributed by atoms with van der Waals surface area (Å²) in [6.45, 7) is 8.84. The molecular formula is C14H22ClN3O2. The second-order valence-corrected chi connectivity index (χ2v) is 5.38. The predicted molar refractivity (Wildman–Crippen MR) is 79.2 cm³/mol. The number of ether oxygens (including phenoxy) is 1. The van der Waals surface area contributed by atoms with E-state index in [0.29, 0.717) is 19.0 Å². The predicted octanol–water partition coefficient (Wildman–Crippen LogP) is 2.75. The highest BCUT2D eigenvalue weighted by Gasteiger charge is 2.24. The SMILES string of the molecule is CCN(C(=O)c1nc(C(C)C)ncc1Cl)C(C)COC. The summed E-state index contributed by atoms with van der Waals surface area (Å²) >= 11 is 6.07. The zero-order valence-electron chi connectivity index (χ0n) is 12.7. The molecule has 6 heteroatoms. The lowest BCUT2D eigenvalue weighted by Gasteiger charge is -2.27. The summed E-state index contributed by atoms with van der Waals surface area (Å²) in [5.41, 5.74) is 0.259. The van der Waals surface area contributed by atoms with Crippen LogP contribution in [0.3, 0.4) is 0 Å². The number of methoxy groups -OCH3 is 1. The van der Waals surface area contributed by atoms with E-state index in [2.05, 4.69) is 9.97 Å². The van der Waals surface area contributed by atoms with Crippen LogP contribution in [0.25, 0.3) is 0 Å². The molecule has 1 unspecified atom stereocenters. The van der Waals surface area contributed by atoms with E-state index in [9.17, 15) is 4.79 Å². The number of likely N-dealkylation sites (N-methyl/N-ethyl adjacent to an activating group) is 1. The Morgan fingerprint density at radius 3 is 2.60 bits per heavy atom. The van der Waals surface area contributed by atoms with Crippen LogP contribution in [0, 0.1) is 0 Å². The molecule has 0 aliphatic carbocycles. The smallest absolute Gasteiger partial charge is 0.274 e. The summed E-state index contributed by atoms with van der Waals surface area (Å²) in [7, 11) is 1.61. The van der Waals surface area contributed by atoms with Crippen molar-refractivity contribution in [1.29, 1.82) is 0 Å². The molecule has 0 saturated heterocycles. The quantitative estimate of drug-likeness (QED) is 0.810. The Labute approximate surface area is 125 Å². The van der Waals surface area contributed by atoms with Gasteiger partial charge in [0.05, 0.1) is 23.9 Å². The maximum Gasteiger partial charge on any atom is 0.274 e. The Morgan fingerprint density at radius 1 is 1.45 bits per heavy atom. The second-order valence-electron chi connectivity index (χ2n) is 4.97.